The van der Waals surface area contributed by atoms with Crippen molar-refractivity contribution in [1.82, 2.24) is 20.4 Å². The van der Waals surface area contributed by atoms with Crippen LogP contribution in [0.4, 0.5) is 4.39 Å². The first-order valence-electron chi connectivity index (χ1n) is 6.81. The van der Waals surface area contributed by atoms with Crippen LogP contribution < -0.4 is 5.32 Å². The summed E-state index contributed by atoms with van der Waals surface area (Å²) in [7, 11) is 2.05. The van der Waals surface area contributed by atoms with Gasteiger partial charge in [-0.15, -0.1) is 12.4 Å². The van der Waals surface area contributed by atoms with Crippen molar-refractivity contribution in [2.45, 2.75) is 12.5 Å². The number of piperazine rings is 1. The largest absolute Gasteiger partial charge is 0.339 e. The molecule has 2 heterocycles. The zero-order valence-electron chi connectivity index (χ0n) is 12.1. The van der Waals surface area contributed by atoms with Crippen molar-refractivity contribution in [3.05, 3.63) is 45.8 Å². The monoisotopic (exact) mass is 390 g/mol. The number of nitrogens with one attached hydrogen (secondary N) is 1. The molecule has 0 amide bonds. The highest BCUT2D eigenvalue weighted by Gasteiger charge is 2.25. The number of benzene rings is 1. The van der Waals surface area contributed by atoms with Gasteiger partial charge >= 0.3 is 0 Å². The molecular weight excluding hydrogens is 375 g/mol. The Labute approximate surface area is 142 Å². The summed E-state index contributed by atoms with van der Waals surface area (Å²) < 4.78 is 19.0. The maximum atomic E-state index is 13.2. The van der Waals surface area contributed by atoms with Gasteiger partial charge in [0.25, 0.3) is 0 Å². The molecule has 2 aromatic rings. The number of hydrogen-bond acceptors (Lipinski definition) is 5. The Morgan fingerprint density at radius 2 is 2.32 bits per heavy atom. The van der Waals surface area contributed by atoms with Gasteiger partial charge in [-0.05, 0) is 40.7 Å². The molecule has 120 valence electrons. The van der Waals surface area contributed by atoms with E-state index >= 15 is 0 Å². The van der Waals surface area contributed by atoms with Gasteiger partial charge in [-0.3, -0.25) is 4.90 Å². The molecule has 0 saturated carbocycles. The normalized spacial score (nSPS) is 19.0. The molecule has 22 heavy (non-hydrogen) atoms. The van der Waals surface area contributed by atoms with Crippen LogP contribution in [0.15, 0.2) is 27.2 Å². The third-order valence-corrected chi connectivity index (χ3v) is 4.24. The molecular formula is C14H17BrClFN4O. The number of halogens is 3. The number of rotatable bonds is 3. The molecule has 8 heteroatoms. The van der Waals surface area contributed by atoms with Gasteiger partial charge in [0.15, 0.2) is 5.82 Å². The van der Waals surface area contributed by atoms with Crippen molar-refractivity contribution in [3.8, 4) is 0 Å². The molecule has 1 fully saturated rings. The zero-order valence-corrected chi connectivity index (χ0v) is 14.5. The number of nitrogens with zero attached hydrogens (tertiary/aromatic N) is 3. The maximum Gasteiger partial charge on any atom is 0.231 e. The van der Waals surface area contributed by atoms with Crippen molar-refractivity contribution in [2.75, 3.05) is 26.7 Å². The highest BCUT2D eigenvalue weighted by molar-refractivity contribution is 9.10. The Bertz CT molecular complexity index is 639. The van der Waals surface area contributed by atoms with E-state index in [1.165, 1.54) is 6.07 Å². The molecule has 1 aliphatic rings. The van der Waals surface area contributed by atoms with Crippen LogP contribution in [0.25, 0.3) is 0 Å². The molecule has 1 aromatic heterocycles. The summed E-state index contributed by atoms with van der Waals surface area (Å²) in [5, 5.41) is 7.40. The molecule has 5 nitrogen and oxygen atoms in total. The Hall–Kier alpha value is -1.02. The summed E-state index contributed by atoms with van der Waals surface area (Å²) in [6, 6.07) is 5.01. The summed E-state index contributed by atoms with van der Waals surface area (Å²) >= 11 is 3.18. The predicted octanol–water partition coefficient (Wildman–Crippen LogP) is 2.56. The minimum absolute atomic E-state index is 0. The molecule has 3 rings (SSSR count). The predicted molar refractivity (Wildman–Crippen MR) is 86.7 cm³/mol. The van der Waals surface area contributed by atoms with Crippen LogP contribution in [0.3, 0.4) is 0 Å². The molecule has 1 aliphatic heterocycles. The third kappa shape index (κ3) is 3.84. The third-order valence-electron chi connectivity index (χ3n) is 3.63. The van der Waals surface area contributed by atoms with E-state index in [1.54, 1.807) is 12.1 Å². The summed E-state index contributed by atoms with van der Waals surface area (Å²) in [6.07, 6.45) is 0.496. The SMILES string of the molecule is CN1CCNCC1c1noc(Cc2ccc(F)c(Br)c2)n1.Cl. The standard InChI is InChI=1S/C14H16BrFN4O.ClH/c1-20-5-4-17-8-12(20)14-18-13(21-19-14)7-9-2-3-11(16)10(15)6-9;/h2-3,6,12,17H,4-5,7-8H2,1H3;1H. The minimum Gasteiger partial charge on any atom is -0.339 e. The molecule has 0 radical (unpaired) electrons. The minimum atomic E-state index is -0.278. The van der Waals surface area contributed by atoms with Crippen LogP contribution in [0.5, 0.6) is 0 Å². The van der Waals surface area contributed by atoms with E-state index in [2.05, 4.69) is 43.3 Å². The number of likely N-dealkylation sites (N-methyl/N-ethyl adjacent to an activating group) is 1. The average Bonchev–Trinajstić information content (AvgIpc) is 2.92. The first-order valence-corrected chi connectivity index (χ1v) is 7.60. The lowest BCUT2D eigenvalue weighted by Crippen LogP contribution is -2.44. The Morgan fingerprint density at radius 3 is 3.05 bits per heavy atom. The van der Waals surface area contributed by atoms with Crippen molar-refractivity contribution in [1.29, 1.82) is 0 Å². The van der Waals surface area contributed by atoms with Crippen LogP contribution in [-0.4, -0.2) is 41.7 Å². The molecule has 1 aromatic carbocycles. The fourth-order valence-corrected chi connectivity index (χ4v) is 2.82. The first kappa shape index (κ1) is 17.3. The lowest BCUT2D eigenvalue weighted by atomic mass is 10.1. The summed E-state index contributed by atoms with van der Waals surface area (Å²) in [5.74, 6) is 0.961. The second kappa shape index (κ2) is 7.50. The van der Waals surface area contributed by atoms with Crippen molar-refractivity contribution >= 4 is 28.3 Å². The number of hydrogen-bond donors (Lipinski definition) is 1. The van der Waals surface area contributed by atoms with E-state index in [4.69, 9.17) is 4.52 Å². The topological polar surface area (TPSA) is 54.2 Å². The second-order valence-electron chi connectivity index (χ2n) is 5.17. The second-order valence-corrected chi connectivity index (χ2v) is 6.03. The van der Waals surface area contributed by atoms with Crippen LogP contribution in [0.1, 0.15) is 23.3 Å². The van der Waals surface area contributed by atoms with Crippen LogP contribution in [-0.2, 0) is 6.42 Å². The lowest BCUT2D eigenvalue weighted by molar-refractivity contribution is 0.190. The van der Waals surface area contributed by atoms with Crippen molar-refractivity contribution in [2.24, 2.45) is 0 Å². The van der Waals surface area contributed by atoms with E-state index in [0.717, 1.165) is 25.2 Å². The van der Waals surface area contributed by atoms with E-state index in [9.17, 15) is 4.39 Å². The molecule has 1 unspecified atom stereocenters. The van der Waals surface area contributed by atoms with Gasteiger partial charge in [-0.25, -0.2) is 4.39 Å². The Balaban J connectivity index is 0.00000176. The lowest BCUT2D eigenvalue weighted by Gasteiger charge is -2.30. The highest BCUT2D eigenvalue weighted by Crippen LogP contribution is 2.21. The Kier molecular flexibility index (Phi) is 5.91. The summed E-state index contributed by atoms with van der Waals surface area (Å²) in [4.78, 5) is 6.67. The fourth-order valence-electron chi connectivity index (χ4n) is 2.39. The van der Waals surface area contributed by atoms with Gasteiger partial charge in [-0.2, -0.15) is 4.98 Å². The molecule has 1 atom stereocenters. The van der Waals surface area contributed by atoms with Crippen LogP contribution >= 0.6 is 28.3 Å². The summed E-state index contributed by atoms with van der Waals surface area (Å²) in [6.45, 7) is 2.75. The molecule has 1 saturated heterocycles. The molecule has 0 aliphatic carbocycles. The van der Waals surface area contributed by atoms with Crippen LogP contribution in [0, 0.1) is 5.82 Å². The van der Waals surface area contributed by atoms with Crippen molar-refractivity contribution in [3.63, 3.8) is 0 Å². The van der Waals surface area contributed by atoms with Gasteiger partial charge in [0.1, 0.15) is 5.82 Å². The molecule has 1 N–H and O–H groups in total. The van der Waals surface area contributed by atoms with Gasteiger partial charge in [-0.1, -0.05) is 11.2 Å². The highest BCUT2D eigenvalue weighted by atomic mass is 79.9. The van der Waals surface area contributed by atoms with Gasteiger partial charge in [0.2, 0.25) is 5.89 Å². The maximum absolute atomic E-state index is 13.2. The first-order chi connectivity index (χ1) is 10.1. The quantitative estimate of drug-likeness (QED) is 0.871. The van der Waals surface area contributed by atoms with Gasteiger partial charge in [0, 0.05) is 19.6 Å². The van der Waals surface area contributed by atoms with Gasteiger partial charge in [0.05, 0.1) is 16.9 Å². The molecule has 0 bridgehead atoms. The molecule has 0 spiro atoms. The smallest absolute Gasteiger partial charge is 0.231 e. The number of aromatic nitrogens is 2. The fraction of sp³-hybridized carbons (Fsp3) is 0.429. The van der Waals surface area contributed by atoms with E-state index in [1.807, 2.05) is 0 Å². The zero-order chi connectivity index (χ0) is 14.8. The Morgan fingerprint density at radius 1 is 1.50 bits per heavy atom. The van der Waals surface area contributed by atoms with Gasteiger partial charge < -0.3 is 9.84 Å². The van der Waals surface area contributed by atoms with E-state index < -0.39 is 0 Å². The van der Waals surface area contributed by atoms with Crippen molar-refractivity contribution < 1.29 is 8.91 Å². The average molecular weight is 392 g/mol. The van der Waals surface area contributed by atoms with E-state index in [0.29, 0.717) is 22.6 Å². The van der Waals surface area contributed by atoms with E-state index in [-0.39, 0.29) is 24.3 Å². The van der Waals surface area contributed by atoms with Crippen LogP contribution in [0.2, 0.25) is 0 Å². The summed E-state index contributed by atoms with van der Waals surface area (Å²) in [5.41, 5.74) is 0.925.